The second-order valence-corrected chi connectivity index (χ2v) is 10.9. The first kappa shape index (κ1) is 25.2. The summed E-state index contributed by atoms with van der Waals surface area (Å²) in [7, 11) is 0. The molecule has 0 aliphatic carbocycles. The number of hydrogen-bond donors (Lipinski definition) is 0. The van der Waals surface area contributed by atoms with Crippen LogP contribution in [0, 0.1) is 0 Å². The second-order valence-electron chi connectivity index (χ2n) is 10.9. The van der Waals surface area contributed by atoms with Gasteiger partial charge in [0.15, 0.2) is 0 Å². The lowest BCUT2D eigenvalue weighted by atomic mass is 9.85. The molecule has 8 rings (SSSR count). The van der Waals surface area contributed by atoms with Crippen molar-refractivity contribution in [2.45, 2.75) is 13.3 Å². The van der Waals surface area contributed by atoms with Crippen LogP contribution in [0.3, 0.4) is 0 Å². The van der Waals surface area contributed by atoms with Crippen LogP contribution in [0.15, 0.2) is 146 Å². The Morgan fingerprint density at radius 2 is 1.14 bits per heavy atom. The zero-order valence-electron chi connectivity index (χ0n) is 23.9. The zero-order chi connectivity index (χ0) is 28.8. The Balaban J connectivity index is 1.45. The van der Waals surface area contributed by atoms with Crippen molar-refractivity contribution in [3.8, 4) is 39.1 Å². The highest BCUT2D eigenvalue weighted by atomic mass is 15.1. The van der Waals surface area contributed by atoms with Gasteiger partial charge in [0.25, 0.3) is 0 Å². The van der Waals surface area contributed by atoms with Crippen molar-refractivity contribution in [3.05, 3.63) is 152 Å². The van der Waals surface area contributed by atoms with Crippen LogP contribution in [-0.2, 0) is 6.42 Å². The van der Waals surface area contributed by atoms with Crippen molar-refractivity contribution >= 4 is 32.6 Å². The average molecular weight is 552 g/mol. The highest BCUT2D eigenvalue weighted by molar-refractivity contribution is 6.22. The van der Waals surface area contributed by atoms with Crippen molar-refractivity contribution in [1.82, 2.24) is 14.5 Å². The Bertz CT molecular complexity index is 2220. The van der Waals surface area contributed by atoms with Crippen molar-refractivity contribution in [3.63, 3.8) is 0 Å². The summed E-state index contributed by atoms with van der Waals surface area (Å²) in [5.74, 6) is 1.06. The predicted molar refractivity (Wildman–Crippen MR) is 180 cm³/mol. The van der Waals surface area contributed by atoms with Crippen LogP contribution in [0.2, 0.25) is 0 Å². The van der Waals surface area contributed by atoms with Crippen LogP contribution in [0.4, 0.5) is 0 Å². The molecule has 0 bridgehead atoms. The molecule has 0 aliphatic heterocycles. The van der Waals surface area contributed by atoms with Gasteiger partial charge in [0.1, 0.15) is 5.82 Å². The summed E-state index contributed by atoms with van der Waals surface area (Å²) in [5.41, 5.74) is 10.5. The molecule has 0 atom stereocenters. The molecule has 8 aromatic rings. The van der Waals surface area contributed by atoms with E-state index in [-0.39, 0.29) is 0 Å². The van der Waals surface area contributed by atoms with Crippen LogP contribution in [-0.4, -0.2) is 14.5 Å². The van der Waals surface area contributed by atoms with Gasteiger partial charge in [0, 0.05) is 24.4 Å². The molecule has 43 heavy (non-hydrogen) atoms. The first-order valence-electron chi connectivity index (χ1n) is 14.8. The van der Waals surface area contributed by atoms with Crippen molar-refractivity contribution < 1.29 is 0 Å². The number of aryl methyl sites for hydroxylation is 1. The highest BCUT2D eigenvalue weighted by Crippen LogP contribution is 2.45. The normalized spacial score (nSPS) is 11.5. The Morgan fingerprint density at radius 3 is 1.86 bits per heavy atom. The number of aromatic nitrogens is 3. The van der Waals surface area contributed by atoms with E-state index in [1.54, 1.807) is 0 Å². The summed E-state index contributed by atoms with van der Waals surface area (Å²) in [6.45, 7) is 2.18. The largest absolute Gasteiger partial charge is 0.296 e. The van der Waals surface area contributed by atoms with Gasteiger partial charge >= 0.3 is 0 Å². The van der Waals surface area contributed by atoms with Gasteiger partial charge in [-0.3, -0.25) is 9.55 Å². The maximum atomic E-state index is 5.01. The second kappa shape index (κ2) is 10.4. The van der Waals surface area contributed by atoms with Gasteiger partial charge in [-0.05, 0) is 85.8 Å². The monoisotopic (exact) mass is 551 g/mol. The van der Waals surface area contributed by atoms with Gasteiger partial charge in [-0.25, -0.2) is 4.98 Å². The van der Waals surface area contributed by atoms with E-state index in [4.69, 9.17) is 4.98 Å². The Morgan fingerprint density at radius 1 is 0.535 bits per heavy atom. The third kappa shape index (κ3) is 4.12. The number of rotatable bonds is 5. The SMILES string of the molecule is CCc1nc2ccccc2n1-c1ccccc1-c1c2ccccc2c(-c2cccc(-c3ccncc3)c2)c2ccccc12. The summed E-state index contributed by atoms with van der Waals surface area (Å²) < 4.78 is 2.35. The van der Waals surface area contributed by atoms with Crippen LogP contribution < -0.4 is 0 Å². The number of fused-ring (bicyclic) bond motifs is 3. The standard InChI is InChI=1S/C40H29N3/c1-2-38-42-35-19-8-10-21-37(35)43(38)36-20-9-7-18-34(36)40-32-16-5-3-14-30(32)39(31-15-4-6-17-33(31)40)29-13-11-12-28(26-29)27-22-24-41-25-23-27/h3-26H,2H2,1H3. The molecule has 2 aromatic heterocycles. The highest BCUT2D eigenvalue weighted by Gasteiger charge is 2.21. The smallest absolute Gasteiger partial charge is 0.114 e. The maximum Gasteiger partial charge on any atom is 0.114 e. The molecule has 0 aliphatic rings. The molecular formula is C40H29N3. The molecule has 3 heteroatoms. The Hall–Kier alpha value is -5.54. The van der Waals surface area contributed by atoms with Crippen molar-refractivity contribution in [1.29, 1.82) is 0 Å². The fourth-order valence-corrected chi connectivity index (χ4v) is 6.59. The molecule has 6 aromatic carbocycles. The Kier molecular flexibility index (Phi) is 6.08. The molecule has 0 saturated heterocycles. The summed E-state index contributed by atoms with van der Waals surface area (Å²) in [4.78, 5) is 9.23. The van der Waals surface area contributed by atoms with E-state index in [1.807, 2.05) is 12.4 Å². The van der Waals surface area contributed by atoms with Gasteiger partial charge in [-0.1, -0.05) is 104 Å². The van der Waals surface area contributed by atoms with Gasteiger partial charge < -0.3 is 0 Å². The molecule has 2 heterocycles. The van der Waals surface area contributed by atoms with Crippen LogP contribution in [0.5, 0.6) is 0 Å². The molecule has 0 amide bonds. The van der Waals surface area contributed by atoms with Crippen LogP contribution >= 0.6 is 0 Å². The summed E-state index contributed by atoms with van der Waals surface area (Å²) in [5, 5.41) is 4.95. The first-order valence-corrected chi connectivity index (χ1v) is 14.8. The number of benzene rings is 6. The molecule has 0 N–H and O–H groups in total. The van der Waals surface area contributed by atoms with Crippen molar-refractivity contribution in [2.24, 2.45) is 0 Å². The number of pyridine rings is 1. The number of hydrogen-bond acceptors (Lipinski definition) is 2. The van der Waals surface area contributed by atoms with E-state index in [0.29, 0.717) is 0 Å². The average Bonchev–Trinajstić information content (AvgIpc) is 3.46. The van der Waals surface area contributed by atoms with E-state index in [0.717, 1.165) is 34.5 Å². The lowest BCUT2D eigenvalue weighted by Gasteiger charge is -2.21. The van der Waals surface area contributed by atoms with E-state index < -0.39 is 0 Å². The molecule has 0 unspecified atom stereocenters. The van der Waals surface area contributed by atoms with Crippen molar-refractivity contribution in [2.75, 3.05) is 0 Å². The predicted octanol–water partition coefficient (Wildman–Crippen LogP) is 10.3. The summed E-state index contributed by atoms with van der Waals surface area (Å²) in [6, 6.07) is 48.0. The minimum absolute atomic E-state index is 0.845. The van der Waals surface area contributed by atoms with E-state index in [2.05, 4.69) is 150 Å². The minimum Gasteiger partial charge on any atom is -0.296 e. The molecule has 0 spiro atoms. The quantitative estimate of drug-likeness (QED) is 0.199. The van der Waals surface area contributed by atoms with Crippen LogP contribution in [0.1, 0.15) is 12.7 Å². The molecule has 204 valence electrons. The lowest BCUT2D eigenvalue weighted by molar-refractivity contribution is 0.909. The molecule has 3 nitrogen and oxygen atoms in total. The molecule has 0 fully saturated rings. The summed E-state index contributed by atoms with van der Waals surface area (Å²) >= 11 is 0. The van der Waals surface area contributed by atoms with E-state index >= 15 is 0 Å². The molecular weight excluding hydrogens is 522 g/mol. The maximum absolute atomic E-state index is 5.01. The van der Waals surface area contributed by atoms with Gasteiger partial charge in [0.05, 0.1) is 16.7 Å². The number of para-hydroxylation sites is 3. The van der Waals surface area contributed by atoms with E-state index in [9.17, 15) is 0 Å². The fourth-order valence-electron chi connectivity index (χ4n) is 6.59. The van der Waals surface area contributed by atoms with Gasteiger partial charge in [-0.2, -0.15) is 0 Å². The van der Waals surface area contributed by atoms with E-state index in [1.165, 1.54) is 49.4 Å². The number of nitrogens with zero attached hydrogens (tertiary/aromatic N) is 3. The van der Waals surface area contributed by atoms with Gasteiger partial charge in [0.2, 0.25) is 0 Å². The van der Waals surface area contributed by atoms with Gasteiger partial charge in [-0.15, -0.1) is 0 Å². The zero-order valence-corrected chi connectivity index (χ0v) is 23.9. The third-order valence-electron chi connectivity index (χ3n) is 8.46. The topological polar surface area (TPSA) is 30.7 Å². The summed E-state index contributed by atoms with van der Waals surface area (Å²) in [6.07, 6.45) is 4.55. The molecule has 0 radical (unpaired) electrons. The first-order chi connectivity index (χ1) is 21.3. The molecule has 0 saturated carbocycles. The van der Waals surface area contributed by atoms with Crippen LogP contribution in [0.25, 0.3) is 71.6 Å². The fraction of sp³-hybridized carbons (Fsp3) is 0.0500. The third-order valence-corrected chi connectivity index (χ3v) is 8.46. The Labute approximate surface area is 250 Å². The lowest BCUT2D eigenvalue weighted by Crippen LogP contribution is -2.03. The minimum atomic E-state index is 0.845. The number of imidazole rings is 1.